The van der Waals surface area contributed by atoms with Crippen LogP contribution in [-0.4, -0.2) is 267 Å². The lowest BCUT2D eigenvalue weighted by atomic mass is 9.77. The van der Waals surface area contributed by atoms with Crippen molar-refractivity contribution in [1.82, 2.24) is 79.3 Å². The van der Waals surface area contributed by atoms with Gasteiger partial charge in [0, 0.05) is 49.5 Å². The number of carboxylic acid groups (broad SMARTS) is 2. The van der Waals surface area contributed by atoms with Gasteiger partial charge < -0.3 is 112 Å². The van der Waals surface area contributed by atoms with Gasteiger partial charge in [-0.05, 0) is 126 Å². The summed E-state index contributed by atoms with van der Waals surface area (Å²) in [6, 6.07) is -21.8. The Morgan fingerprint density at radius 1 is 0.579 bits per heavy atom. The van der Waals surface area contributed by atoms with E-state index in [0.717, 1.165) is 104 Å². The van der Waals surface area contributed by atoms with E-state index in [4.69, 9.17) is 17.2 Å². The molecule has 42 heteroatoms. The van der Waals surface area contributed by atoms with Crippen molar-refractivity contribution in [3.8, 4) is 0 Å². The van der Waals surface area contributed by atoms with E-state index in [1.165, 1.54) is 18.7 Å². The number of aliphatic hydroxyl groups is 1. The average Bonchev–Trinajstić information content (AvgIpc) is 1.66. The first-order valence-electron chi connectivity index (χ1n) is 39.3. The maximum atomic E-state index is 15.5. The van der Waals surface area contributed by atoms with Crippen LogP contribution in [0.5, 0.6) is 0 Å². The monoisotopic (exact) mass is 1660 g/mol. The van der Waals surface area contributed by atoms with Gasteiger partial charge in [-0.1, -0.05) is 79.4 Å². The van der Waals surface area contributed by atoms with Gasteiger partial charge in [-0.3, -0.25) is 86.3 Å². The fourth-order valence-corrected chi connectivity index (χ4v) is 19.0. The molecule has 114 heavy (non-hydrogen) atoms. The molecule has 0 aromatic heterocycles. The summed E-state index contributed by atoms with van der Waals surface area (Å²) in [5.74, 6) is -20.5. The third-order valence-corrected chi connectivity index (χ3v) is 25.2. The fraction of sp³-hybridized carbons (Fsp3) is 0.750. The van der Waals surface area contributed by atoms with Crippen LogP contribution in [0, 0.1) is 23.7 Å². The Bertz CT molecular complexity index is 3480. The summed E-state index contributed by atoms with van der Waals surface area (Å²) >= 11 is 1.34. The summed E-state index contributed by atoms with van der Waals surface area (Å²) in [5, 5.41) is 67.4. The van der Waals surface area contributed by atoms with Crippen molar-refractivity contribution in [2.75, 3.05) is 43.2 Å². The van der Waals surface area contributed by atoms with Gasteiger partial charge in [0.1, 0.15) is 78.5 Å². The van der Waals surface area contributed by atoms with Crippen molar-refractivity contribution in [3.05, 3.63) is 0 Å². The summed E-state index contributed by atoms with van der Waals surface area (Å²) < 4.78 is 0. The molecule has 7 aliphatic rings. The maximum Gasteiger partial charge on any atom is 0.305 e. The molecule has 4 saturated heterocycles. The van der Waals surface area contributed by atoms with E-state index < -0.39 is 241 Å². The smallest absolute Gasteiger partial charge is 0.305 e. The van der Waals surface area contributed by atoms with Gasteiger partial charge in [-0.2, -0.15) is 11.8 Å². The SMILES string of the molecule is CSCC[C@H](NC(C)=O)C(=O)N[C@@H](CO)C(=O)N[C@@H](CC(=O)O)C(=O)N[C@H]1CSSC[C@@H](C(=O)N2CCC[C@H]2C(=O)N[C@@H](CC2CCCCC2)C(=O)N[C@@H](CC(=O)O)C(N)=O)NC(=O)[C@H](CC(N)=O)NC(=O)[C@H](CC2CNC3CCCCC23)NC(=O)[C@H](CCC(N)=O)NC(=O)[C@@H](C)NC(=O)[C@H](CC2CC3CCCCC3N2)NC1=O. The second-order valence-electron chi connectivity index (χ2n) is 30.8. The number of fused-ring (bicyclic) bond motifs is 2. The number of amides is 16. The number of nitrogens with zero attached hydrogens (tertiary/aromatic N) is 1. The Kier molecular flexibility index (Phi) is 37.0. The third kappa shape index (κ3) is 28.7. The van der Waals surface area contributed by atoms with Crippen molar-refractivity contribution in [2.45, 2.75) is 271 Å². The molecule has 0 radical (unpaired) electrons. The van der Waals surface area contributed by atoms with E-state index in [9.17, 15) is 82.4 Å². The minimum atomic E-state index is -2.09. The van der Waals surface area contributed by atoms with E-state index >= 15 is 19.2 Å². The number of hydrogen-bond acceptors (Lipinski definition) is 24. The Morgan fingerprint density at radius 3 is 1.82 bits per heavy atom. The first-order chi connectivity index (χ1) is 54.2. The zero-order chi connectivity index (χ0) is 83.5. The standard InChI is InChI=1S/C72H114N18O21S3/c1-35-61(100)80-44(19-20-56(73)93)62(101)82-48(26-39-31-76-43-17-10-8-15-41(39)43)66(105)84-50(28-57(74)94)67(106)89-54(72(111)90-22-11-18-55(90)71(110)86-47(24-37-12-5-4-6-13-37)65(104)81-46(60(75)99)29-58(95)96)34-114-113-33-53(70(109)83-49(64(103)77-35)27-40-25-38-14-7-9-16-42(38)79-40)88-68(107)51(30-59(97)98)85-69(108)52(32-91)87-63(102)45(21-23-112-3)78-36(2)92/h35,37-55,76,79,91H,4-34H2,1-3H3,(H2,73,93)(H2,74,94)(H2,75,99)(H,77,103)(H,78,92)(H,80,100)(H,81,104)(H,82,101)(H,83,109)(H,84,105)(H,85,108)(H,86,110)(H,87,102)(H,88,107)(H,89,106)(H,95,96)(H,97,98)/t35-,38?,39?,40?,41?,42?,43?,44+,45+,46+,47+,48+,49+,50+,51+,52+,53+,54+,55+/m1/s1. The van der Waals surface area contributed by atoms with Gasteiger partial charge in [0.2, 0.25) is 94.5 Å². The van der Waals surface area contributed by atoms with Crippen LogP contribution in [0.1, 0.15) is 174 Å². The molecular weight excluding hydrogens is 1550 g/mol. The second kappa shape index (κ2) is 45.6. The largest absolute Gasteiger partial charge is 0.481 e. The van der Waals surface area contributed by atoms with Crippen LogP contribution in [0.3, 0.4) is 0 Å². The molecule has 3 aliphatic carbocycles. The molecule has 7 fully saturated rings. The number of nitrogens with one attached hydrogen (secondary N) is 14. The Morgan fingerprint density at radius 2 is 1.16 bits per heavy atom. The van der Waals surface area contributed by atoms with E-state index in [1.807, 2.05) is 0 Å². The van der Waals surface area contributed by atoms with Crippen LogP contribution in [-0.2, 0) is 86.3 Å². The zero-order valence-corrected chi connectivity index (χ0v) is 67.0. The van der Waals surface area contributed by atoms with E-state index in [-0.39, 0.29) is 80.8 Å². The molecule has 4 aliphatic heterocycles. The molecule has 0 bridgehead atoms. The minimum Gasteiger partial charge on any atom is -0.481 e. The van der Waals surface area contributed by atoms with Crippen molar-refractivity contribution in [1.29, 1.82) is 0 Å². The molecule has 7 rings (SSSR count). The van der Waals surface area contributed by atoms with Crippen molar-refractivity contribution >= 4 is 140 Å². The molecular formula is C72H114N18O21S3. The highest BCUT2D eigenvalue weighted by atomic mass is 33.1. The highest BCUT2D eigenvalue weighted by molar-refractivity contribution is 8.76. The van der Waals surface area contributed by atoms with Gasteiger partial charge in [0.05, 0.1) is 25.9 Å². The van der Waals surface area contributed by atoms with Gasteiger partial charge in [0.15, 0.2) is 0 Å². The number of likely N-dealkylation sites (tertiary alicyclic amines) is 1. The third-order valence-electron chi connectivity index (χ3n) is 22.2. The van der Waals surface area contributed by atoms with Crippen LogP contribution in [0.15, 0.2) is 0 Å². The van der Waals surface area contributed by atoms with Crippen molar-refractivity contribution in [3.63, 3.8) is 0 Å². The van der Waals surface area contributed by atoms with E-state index in [0.29, 0.717) is 31.6 Å². The molecule has 3 saturated carbocycles. The highest BCUT2D eigenvalue weighted by Gasteiger charge is 2.46. The number of nitrogens with two attached hydrogens (primary N) is 3. The lowest BCUT2D eigenvalue weighted by Crippen LogP contribution is -2.61. The summed E-state index contributed by atoms with van der Waals surface area (Å²) in [4.78, 5) is 252. The van der Waals surface area contributed by atoms with Gasteiger partial charge in [-0.15, -0.1) is 0 Å². The number of thioether (sulfide) groups is 1. The van der Waals surface area contributed by atoms with Crippen molar-refractivity contribution in [2.24, 2.45) is 40.9 Å². The molecule has 636 valence electrons. The summed E-state index contributed by atoms with van der Waals surface area (Å²) in [5.41, 5.74) is 16.9. The fourth-order valence-electron chi connectivity index (χ4n) is 16.2. The second-order valence-corrected chi connectivity index (χ2v) is 34.3. The lowest BCUT2D eigenvalue weighted by Gasteiger charge is -2.32. The Hall–Kier alpha value is -8.61. The minimum absolute atomic E-state index is 0.0214. The number of carbonyl (C=O) groups is 18. The Balaban J connectivity index is 1.29. The first-order valence-corrected chi connectivity index (χ1v) is 43.2. The summed E-state index contributed by atoms with van der Waals surface area (Å²) in [6.07, 6.45) is 9.18. The molecule has 23 N–H and O–H groups in total. The number of hydrogen-bond donors (Lipinski definition) is 20. The van der Waals surface area contributed by atoms with E-state index in [2.05, 4.69) is 74.4 Å². The lowest BCUT2D eigenvalue weighted by molar-refractivity contribution is -0.142. The summed E-state index contributed by atoms with van der Waals surface area (Å²) in [6.45, 7) is 1.56. The quantitative estimate of drug-likeness (QED) is 0.0280. The van der Waals surface area contributed by atoms with Crippen LogP contribution >= 0.6 is 33.3 Å². The van der Waals surface area contributed by atoms with Crippen molar-refractivity contribution < 1.29 is 102 Å². The predicted octanol–water partition coefficient (Wildman–Crippen LogP) is -5.00. The average molecular weight is 1660 g/mol. The Labute approximate surface area is 672 Å². The summed E-state index contributed by atoms with van der Waals surface area (Å²) in [7, 11) is 1.53. The van der Waals surface area contributed by atoms with Crippen LogP contribution in [0.2, 0.25) is 0 Å². The molecule has 39 nitrogen and oxygen atoms in total. The predicted molar refractivity (Wildman–Crippen MR) is 415 cm³/mol. The van der Waals surface area contributed by atoms with Crippen LogP contribution in [0.25, 0.3) is 0 Å². The normalized spacial score (nSPS) is 28.3. The number of aliphatic carboxylic acids is 2. The topological polar surface area (TPSA) is 618 Å². The van der Waals surface area contributed by atoms with Gasteiger partial charge in [0.25, 0.3) is 0 Å². The first kappa shape index (κ1) is 92.6. The number of carboxylic acids is 2. The number of rotatable bonds is 32. The molecule has 16 amide bonds. The molecule has 6 unspecified atom stereocenters. The molecule has 0 aromatic carbocycles. The van der Waals surface area contributed by atoms with Gasteiger partial charge >= 0.3 is 11.9 Å². The zero-order valence-electron chi connectivity index (χ0n) is 64.6. The molecule has 19 atom stereocenters. The number of aliphatic hydroxyl groups excluding tert-OH is 1. The van der Waals surface area contributed by atoms with Gasteiger partial charge in [-0.25, -0.2) is 0 Å². The van der Waals surface area contributed by atoms with Crippen LogP contribution in [0.4, 0.5) is 0 Å². The highest BCUT2D eigenvalue weighted by Crippen LogP contribution is 2.38. The maximum absolute atomic E-state index is 15.5. The number of primary amides is 3. The van der Waals surface area contributed by atoms with Crippen LogP contribution < -0.4 is 91.6 Å². The molecule has 0 aromatic rings. The molecule has 4 heterocycles. The number of carbonyl (C=O) groups excluding carboxylic acids is 16. The molecule has 0 spiro atoms. The van der Waals surface area contributed by atoms with E-state index in [1.54, 1.807) is 6.26 Å².